The number of hydrogen-bond donors (Lipinski definition) is 0. The summed E-state index contributed by atoms with van der Waals surface area (Å²) in [6.45, 7) is 7.70. The third-order valence-corrected chi connectivity index (χ3v) is 10.7. The van der Waals surface area contributed by atoms with Crippen LogP contribution in [0.4, 0.5) is 24.5 Å². The maximum absolute atomic E-state index is 13.5. The predicted molar refractivity (Wildman–Crippen MR) is 169 cm³/mol. The number of thioether (sulfide) groups is 1. The number of anilines is 2. The van der Waals surface area contributed by atoms with E-state index in [0.29, 0.717) is 40.3 Å². The lowest BCUT2D eigenvalue weighted by atomic mass is 10.1. The van der Waals surface area contributed by atoms with Gasteiger partial charge >= 0.3 is 12.1 Å². The van der Waals surface area contributed by atoms with E-state index in [4.69, 9.17) is 27.9 Å². The second kappa shape index (κ2) is 14.3. The summed E-state index contributed by atoms with van der Waals surface area (Å²) in [4.78, 5) is 21.8. The molecule has 1 fully saturated rings. The number of para-hydroxylation sites is 1. The van der Waals surface area contributed by atoms with Gasteiger partial charge in [-0.2, -0.15) is 13.2 Å². The molecule has 0 saturated carbocycles. The van der Waals surface area contributed by atoms with Crippen LogP contribution in [0.3, 0.4) is 0 Å². The van der Waals surface area contributed by atoms with E-state index in [1.807, 2.05) is 29.2 Å². The lowest BCUT2D eigenvalue weighted by Crippen LogP contribution is -2.47. The molecule has 2 heterocycles. The van der Waals surface area contributed by atoms with Crippen LogP contribution in [0, 0.1) is 0 Å². The first-order valence-electron chi connectivity index (χ1n) is 14.1. The van der Waals surface area contributed by atoms with Crippen LogP contribution in [0.5, 0.6) is 0 Å². The Morgan fingerprint density at radius 2 is 1.56 bits per heavy atom. The number of halogens is 5. The molecule has 0 aliphatic carbocycles. The molecule has 43 heavy (non-hydrogen) atoms. The Kier molecular flexibility index (Phi) is 10.8. The van der Waals surface area contributed by atoms with Gasteiger partial charge < -0.3 is 14.5 Å². The number of nitrogens with zero attached hydrogens (tertiary/aromatic N) is 3. The van der Waals surface area contributed by atoms with Crippen molar-refractivity contribution in [2.24, 2.45) is 0 Å². The fraction of sp³-hybridized carbons (Fsp3) is 0.387. The fourth-order valence-electron chi connectivity index (χ4n) is 5.15. The predicted octanol–water partition coefficient (Wildman–Crippen LogP) is 8.35. The molecule has 1 saturated heterocycles. The number of rotatable bonds is 10. The van der Waals surface area contributed by atoms with Gasteiger partial charge in [-0.25, -0.2) is 0 Å². The molecule has 0 amide bonds. The summed E-state index contributed by atoms with van der Waals surface area (Å²) in [5, 5.41) is 0.581. The van der Waals surface area contributed by atoms with Gasteiger partial charge in [-0.1, -0.05) is 53.2 Å². The van der Waals surface area contributed by atoms with Gasteiger partial charge in [0.1, 0.15) is 11.9 Å². The van der Waals surface area contributed by atoms with Gasteiger partial charge in [0.05, 0.1) is 27.0 Å². The molecule has 230 valence electrons. The number of carbonyl (C=O) groups excluding carboxylic acids is 1. The van der Waals surface area contributed by atoms with Gasteiger partial charge in [-0.05, 0) is 62.4 Å². The Bertz CT molecular complexity index is 1420. The topological polar surface area (TPSA) is 36.0 Å². The standard InChI is InChI=1S/C31H32Cl2F3N3O2S2/c1-21(42-29-23(32)6-4-7-24(29)33)30(40)41-19-18-38-16-14-37(15-17-38)12-5-13-39-25-8-2-3-9-27(25)43-28-11-10-22(20-26(28)39)31(34,35)36/h2-4,6-11,20-21H,5,12-19H2,1H3. The monoisotopic (exact) mass is 669 g/mol. The van der Waals surface area contributed by atoms with Gasteiger partial charge in [-0.15, -0.1) is 11.8 Å². The van der Waals surface area contributed by atoms with Crippen molar-refractivity contribution in [3.05, 3.63) is 76.3 Å². The molecule has 0 N–H and O–H groups in total. The SMILES string of the molecule is CC(Sc1c(Cl)cccc1Cl)C(=O)OCCN1CCN(CCCN2c3ccccc3Sc3ccc(C(F)(F)F)cc32)CC1. The van der Waals surface area contributed by atoms with Crippen molar-refractivity contribution >= 4 is 64.1 Å². The maximum Gasteiger partial charge on any atom is 0.416 e. The van der Waals surface area contributed by atoms with Gasteiger partial charge in [0.25, 0.3) is 0 Å². The zero-order valence-corrected chi connectivity index (χ0v) is 26.7. The summed E-state index contributed by atoms with van der Waals surface area (Å²) in [5.41, 5.74) is 0.929. The molecule has 12 heteroatoms. The first kappa shape index (κ1) is 32.3. The third-order valence-electron chi connectivity index (χ3n) is 7.47. The fourth-order valence-corrected chi connectivity index (χ4v) is 7.77. The molecule has 2 aliphatic rings. The van der Waals surface area contributed by atoms with Crippen molar-refractivity contribution in [3.8, 4) is 0 Å². The van der Waals surface area contributed by atoms with E-state index in [1.54, 1.807) is 31.2 Å². The Balaban J connectivity index is 1.07. The highest BCUT2D eigenvalue weighted by Crippen LogP contribution is 2.49. The van der Waals surface area contributed by atoms with Gasteiger partial charge in [-0.3, -0.25) is 9.69 Å². The minimum Gasteiger partial charge on any atom is -0.463 e. The minimum absolute atomic E-state index is 0.304. The lowest BCUT2D eigenvalue weighted by molar-refractivity contribution is -0.143. The summed E-state index contributed by atoms with van der Waals surface area (Å²) < 4.78 is 46.0. The van der Waals surface area contributed by atoms with E-state index in [9.17, 15) is 18.0 Å². The molecular formula is C31H32Cl2F3N3O2S2. The average molecular weight is 671 g/mol. The number of alkyl halides is 3. The molecule has 3 aromatic carbocycles. The van der Waals surface area contributed by atoms with E-state index in [1.165, 1.54) is 29.6 Å². The molecule has 1 atom stereocenters. The summed E-state index contributed by atoms with van der Waals surface area (Å²) in [5.74, 6) is -0.304. The van der Waals surface area contributed by atoms with Crippen molar-refractivity contribution < 1.29 is 22.7 Å². The van der Waals surface area contributed by atoms with Crippen molar-refractivity contribution in [1.82, 2.24) is 9.80 Å². The number of benzene rings is 3. The van der Waals surface area contributed by atoms with E-state index >= 15 is 0 Å². The number of hydrogen-bond acceptors (Lipinski definition) is 7. The highest BCUT2D eigenvalue weighted by Gasteiger charge is 2.33. The van der Waals surface area contributed by atoms with E-state index < -0.39 is 17.0 Å². The van der Waals surface area contributed by atoms with Crippen LogP contribution in [0.25, 0.3) is 0 Å². The minimum atomic E-state index is -4.39. The average Bonchev–Trinajstić information content (AvgIpc) is 2.98. The van der Waals surface area contributed by atoms with Crippen LogP contribution < -0.4 is 4.90 Å². The van der Waals surface area contributed by atoms with Crippen molar-refractivity contribution in [2.75, 3.05) is 57.3 Å². The molecule has 5 rings (SSSR count). The normalized spacial score (nSPS) is 16.5. The number of ether oxygens (including phenoxy) is 1. The van der Waals surface area contributed by atoms with Gasteiger partial charge in [0.2, 0.25) is 0 Å². The number of piperazine rings is 1. The molecule has 0 radical (unpaired) electrons. The quantitative estimate of drug-likeness (QED) is 0.159. The Hall–Kier alpha value is -2.08. The molecule has 5 nitrogen and oxygen atoms in total. The van der Waals surface area contributed by atoms with Crippen LogP contribution in [0.2, 0.25) is 10.0 Å². The van der Waals surface area contributed by atoms with Gasteiger partial charge in [0.15, 0.2) is 0 Å². The second-order valence-electron chi connectivity index (χ2n) is 10.4. The summed E-state index contributed by atoms with van der Waals surface area (Å²) in [6.07, 6.45) is -3.57. The van der Waals surface area contributed by atoms with Crippen molar-refractivity contribution in [3.63, 3.8) is 0 Å². The van der Waals surface area contributed by atoms with Crippen LogP contribution >= 0.6 is 46.7 Å². The van der Waals surface area contributed by atoms with Crippen molar-refractivity contribution in [1.29, 1.82) is 0 Å². The van der Waals surface area contributed by atoms with Crippen LogP contribution in [-0.2, 0) is 15.7 Å². The van der Waals surface area contributed by atoms with Crippen LogP contribution in [0.15, 0.2) is 75.4 Å². The largest absolute Gasteiger partial charge is 0.463 e. The molecule has 0 aromatic heterocycles. The zero-order valence-electron chi connectivity index (χ0n) is 23.6. The van der Waals surface area contributed by atoms with Crippen LogP contribution in [-0.4, -0.2) is 73.4 Å². The Labute approximate surface area is 268 Å². The molecule has 0 bridgehead atoms. The van der Waals surface area contributed by atoms with E-state index in [-0.39, 0.29) is 5.97 Å². The van der Waals surface area contributed by atoms with Gasteiger partial charge in [0, 0.05) is 54.0 Å². The number of esters is 1. The van der Waals surface area contributed by atoms with Crippen molar-refractivity contribution in [2.45, 2.75) is 39.5 Å². The Morgan fingerprint density at radius 3 is 2.26 bits per heavy atom. The molecule has 3 aromatic rings. The summed E-state index contributed by atoms with van der Waals surface area (Å²) in [7, 11) is 0. The summed E-state index contributed by atoms with van der Waals surface area (Å²) >= 11 is 15.2. The number of carbonyl (C=O) groups is 1. The first-order valence-corrected chi connectivity index (χ1v) is 16.5. The third kappa shape index (κ3) is 8.15. The maximum atomic E-state index is 13.5. The molecular weight excluding hydrogens is 638 g/mol. The highest BCUT2D eigenvalue weighted by molar-refractivity contribution is 8.00. The van der Waals surface area contributed by atoms with E-state index in [0.717, 1.165) is 60.7 Å². The number of fused-ring (bicyclic) bond motifs is 2. The second-order valence-corrected chi connectivity index (χ2v) is 13.7. The molecule has 2 aliphatic heterocycles. The molecule has 0 spiro atoms. The summed E-state index contributed by atoms with van der Waals surface area (Å²) in [6, 6.07) is 17.1. The molecule has 1 unspecified atom stereocenters. The Morgan fingerprint density at radius 1 is 0.907 bits per heavy atom. The zero-order chi connectivity index (χ0) is 30.6. The van der Waals surface area contributed by atoms with Crippen LogP contribution in [0.1, 0.15) is 18.9 Å². The smallest absolute Gasteiger partial charge is 0.416 e. The first-order chi connectivity index (χ1) is 20.6. The lowest BCUT2D eigenvalue weighted by Gasteiger charge is -2.36. The van der Waals surface area contributed by atoms with E-state index in [2.05, 4.69) is 9.80 Å². The highest BCUT2D eigenvalue weighted by atomic mass is 35.5.